The van der Waals surface area contributed by atoms with E-state index in [1.165, 1.54) is 18.2 Å². The van der Waals surface area contributed by atoms with Crippen molar-refractivity contribution >= 4 is 41.2 Å². The topological polar surface area (TPSA) is 84.9 Å². The number of hydrogen-bond acceptors (Lipinski definition) is 5. The van der Waals surface area contributed by atoms with Crippen molar-refractivity contribution in [3.63, 3.8) is 0 Å². The molecular weight excluding hydrogens is 360 g/mol. The smallest absolute Gasteiger partial charge is 0.335 e. The Morgan fingerprint density at radius 1 is 1.00 bits per heavy atom. The third kappa shape index (κ3) is 2.78. The van der Waals surface area contributed by atoms with E-state index in [4.69, 9.17) is 21.1 Å². The number of hydrogen-bond donors (Lipinski definition) is 1. The summed E-state index contributed by atoms with van der Waals surface area (Å²) in [6, 6.07) is 10.3. The standard InChI is InChI=1S/C18H11ClN2O5/c19-11-2-4-12(5-3-11)21-17(23)13(16(22)20-18(21)24)7-10-1-6-14-15(8-10)26-9-25-14/h1-8H,9H2,(H,20,22,24)/b13-7+. The third-order valence-corrected chi connectivity index (χ3v) is 4.15. The number of barbiturate groups is 1. The van der Waals surface area contributed by atoms with Crippen molar-refractivity contribution in [2.24, 2.45) is 0 Å². The minimum atomic E-state index is -0.815. The molecule has 2 aromatic carbocycles. The first-order valence-electron chi connectivity index (χ1n) is 7.59. The molecule has 0 unspecified atom stereocenters. The average Bonchev–Trinajstić information content (AvgIpc) is 3.08. The fourth-order valence-electron chi connectivity index (χ4n) is 2.65. The van der Waals surface area contributed by atoms with Gasteiger partial charge in [0.15, 0.2) is 11.5 Å². The predicted molar refractivity (Wildman–Crippen MR) is 93.0 cm³/mol. The molecular formula is C18H11ClN2O5. The molecule has 2 heterocycles. The van der Waals surface area contributed by atoms with E-state index in [1.807, 2.05) is 0 Å². The second-order valence-electron chi connectivity index (χ2n) is 5.55. The van der Waals surface area contributed by atoms with E-state index in [1.54, 1.807) is 30.3 Å². The molecule has 0 aliphatic carbocycles. The number of nitrogens with one attached hydrogen (secondary N) is 1. The van der Waals surface area contributed by atoms with E-state index in [0.29, 0.717) is 27.8 Å². The van der Waals surface area contributed by atoms with Crippen LogP contribution in [0.3, 0.4) is 0 Å². The van der Waals surface area contributed by atoms with Crippen molar-refractivity contribution < 1.29 is 23.9 Å². The Morgan fingerprint density at radius 3 is 2.50 bits per heavy atom. The fourth-order valence-corrected chi connectivity index (χ4v) is 2.78. The molecule has 7 nitrogen and oxygen atoms in total. The third-order valence-electron chi connectivity index (χ3n) is 3.89. The van der Waals surface area contributed by atoms with Gasteiger partial charge in [-0.05, 0) is 48.0 Å². The van der Waals surface area contributed by atoms with E-state index in [-0.39, 0.29) is 12.4 Å². The SMILES string of the molecule is O=C1NC(=O)N(c2ccc(Cl)cc2)C(=O)/C1=C/c1ccc2c(c1)OCO2. The first-order chi connectivity index (χ1) is 12.5. The van der Waals surface area contributed by atoms with E-state index in [2.05, 4.69) is 5.32 Å². The largest absolute Gasteiger partial charge is 0.454 e. The van der Waals surface area contributed by atoms with Crippen LogP contribution in [0.1, 0.15) is 5.56 Å². The maximum atomic E-state index is 12.8. The Morgan fingerprint density at radius 2 is 1.73 bits per heavy atom. The normalized spacial score (nSPS) is 17.7. The summed E-state index contributed by atoms with van der Waals surface area (Å²) in [5.74, 6) is -0.375. The lowest BCUT2D eigenvalue weighted by Gasteiger charge is -2.26. The second-order valence-corrected chi connectivity index (χ2v) is 5.98. The maximum absolute atomic E-state index is 12.8. The number of benzene rings is 2. The van der Waals surface area contributed by atoms with Crippen molar-refractivity contribution in [2.75, 3.05) is 11.7 Å². The van der Waals surface area contributed by atoms with Gasteiger partial charge in [-0.3, -0.25) is 14.9 Å². The van der Waals surface area contributed by atoms with E-state index < -0.39 is 17.8 Å². The lowest BCUT2D eigenvalue weighted by molar-refractivity contribution is -0.122. The van der Waals surface area contributed by atoms with Crippen LogP contribution in [0.25, 0.3) is 6.08 Å². The van der Waals surface area contributed by atoms with Crippen LogP contribution < -0.4 is 19.7 Å². The van der Waals surface area contributed by atoms with Crippen molar-refractivity contribution in [1.82, 2.24) is 5.32 Å². The van der Waals surface area contributed by atoms with Crippen molar-refractivity contribution in [1.29, 1.82) is 0 Å². The summed E-state index contributed by atoms with van der Waals surface area (Å²) in [5, 5.41) is 2.63. The first kappa shape index (κ1) is 16.2. The van der Waals surface area contributed by atoms with Crippen LogP contribution in [0.4, 0.5) is 10.5 Å². The van der Waals surface area contributed by atoms with E-state index >= 15 is 0 Å². The van der Waals surface area contributed by atoms with Crippen LogP contribution in [0.15, 0.2) is 48.0 Å². The minimum absolute atomic E-state index is 0.119. The highest BCUT2D eigenvalue weighted by molar-refractivity contribution is 6.39. The quantitative estimate of drug-likeness (QED) is 0.649. The molecule has 2 aliphatic heterocycles. The van der Waals surface area contributed by atoms with Gasteiger partial charge in [0.05, 0.1) is 5.69 Å². The van der Waals surface area contributed by atoms with Gasteiger partial charge in [-0.2, -0.15) is 0 Å². The van der Waals surface area contributed by atoms with E-state index in [0.717, 1.165) is 4.90 Å². The van der Waals surface area contributed by atoms with Gasteiger partial charge in [0, 0.05) is 5.02 Å². The lowest BCUT2D eigenvalue weighted by Crippen LogP contribution is -2.54. The molecule has 0 aromatic heterocycles. The van der Waals surface area contributed by atoms with Crippen molar-refractivity contribution in [2.45, 2.75) is 0 Å². The summed E-state index contributed by atoms with van der Waals surface area (Å²) in [6.45, 7) is 0.119. The van der Waals surface area contributed by atoms with Gasteiger partial charge in [0.2, 0.25) is 6.79 Å². The number of nitrogens with zero attached hydrogens (tertiary/aromatic N) is 1. The number of carbonyl (C=O) groups is 3. The number of rotatable bonds is 2. The molecule has 4 amide bonds. The molecule has 0 bridgehead atoms. The predicted octanol–water partition coefficient (Wildman–Crippen LogP) is 2.74. The van der Waals surface area contributed by atoms with Gasteiger partial charge in [-0.1, -0.05) is 17.7 Å². The Labute approximate surface area is 152 Å². The van der Waals surface area contributed by atoms with Gasteiger partial charge in [0.25, 0.3) is 11.8 Å². The molecule has 130 valence electrons. The van der Waals surface area contributed by atoms with Crippen LogP contribution in [0.5, 0.6) is 11.5 Å². The molecule has 26 heavy (non-hydrogen) atoms. The minimum Gasteiger partial charge on any atom is -0.454 e. The molecule has 0 spiro atoms. The number of ether oxygens (including phenoxy) is 2. The first-order valence-corrected chi connectivity index (χ1v) is 7.97. The molecule has 1 N–H and O–H groups in total. The zero-order valence-corrected chi connectivity index (χ0v) is 13.9. The molecule has 2 aromatic rings. The molecule has 0 radical (unpaired) electrons. The maximum Gasteiger partial charge on any atom is 0.335 e. The number of urea groups is 1. The highest BCUT2D eigenvalue weighted by atomic mass is 35.5. The molecule has 1 saturated heterocycles. The summed E-state index contributed by atoms with van der Waals surface area (Å²) < 4.78 is 10.5. The second kappa shape index (κ2) is 6.20. The summed E-state index contributed by atoms with van der Waals surface area (Å²) in [7, 11) is 0. The summed E-state index contributed by atoms with van der Waals surface area (Å²) in [5.41, 5.74) is 0.706. The summed E-state index contributed by atoms with van der Waals surface area (Å²) in [6.07, 6.45) is 1.40. The van der Waals surface area contributed by atoms with Gasteiger partial charge in [0.1, 0.15) is 5.57 Å². The monoisotopic (exact) mass is 370 g/mol. The van der Waals surface area contributed by atoms with Gasteiger partial charge < -0.3 is 9.47 Å². The van der Waals surface area contributed by atoms with Crippen LogP contribution in [0, 0.1) is 0 Å². The number of halogens is 1. The lowest BCUT2D eigenvalue weighted by atomic mass is 10.1. The van der Waals surface area contributed by atoms with Crippen LogP contribution in [-0.2, 0) is 9.59 Å². The van der Waals surface area contributed by atoms with Crippen LogP contribution in [-0.4, -0.2) is 24.6 Å². The number of anilines is 1. The van der Waals surface area contributed by atoms with Gasteiger partial charge >= 0.3 is 6.03 Å². The van der Waals surface area contributed by atoms with E-state index in [9.17, 15) is 14.4 Å². The Kier molecular flexibility index (Phi) is 3.85. The van der Waals surface area contributed by atoms with Gasteiger partial charge in [-0.25, -0.2) is 9.69 Å². The van der Waals surface area contributed by atoms with Crippen LogP contribution in [0.2, 0.25) is 5.02 Å². The van der Waals surface area contributed by atoms with Crippen LogP contribution >= 0.6 is 11.6 Å². The molecule has 4 rings (SSSR count). The number of imide groups is 2. The number of fused-ring (bicyclic) bond motifs is 1. The molecule has 0 saturated carbocycles. The fraction of sp³-hybridized carbons (Fsp3) is 0.0556. The molecule has 2 aliphatic rings. The Hall–Kier alpha value is -3.32. The number of carbonyl (C=O) groups excluding carboxylic acids is 3. The molecule has 0 atom stereocenters. The summed E-state index contributed by atoms with van der Waals surface area (Å²) >= 11 is 5.84. The Bertz CT molecular complexity index is 968. The zero-order chi connectivity index (χ0) is 18.3. The van der Waals surface area contributed by atoms with Crippen molar-refractivity contribution in [3.05, 3.63) is 58.6 Å². The highest BCUT2D eigenvalue weighted by Gasteiger charge is 2.36. The average molecular weight is 371 g/mol. The molecule has 8 heteroatoms. The molecule has 1 fully saturated rings. The van der Waals surface area contributed by atoms with Crippen molar-refractivity contribution in [3.8, 4) is 11.5 Å². The Balaban J connectivity index is 1.71. The number of amides is 4. The van der Waals surface area contributed by atoms with Gasteiger partial charge in [-0.15, -0.1) is 0 Å². The summed E-state index contributed by atoms with van der Waals surface area (Å²) in [4.78, 5) is 37.9. The highest BCUT2D eigenvalue weighted by Crippen LogP contribution is 2.33. The zero-order valence-electron chi connectivity index (χ0n) is 13.2.